The first-order valence-electron chi connectivity index (χ1n) is 11.8. The highest BCUT2D eigenvalue weighted by molar-refractivity contribution is 5.85. The van der Waals surface area contributed by atoms with E-state index in [0.29, 0.717) is 19.3 Å². The van der Waals surface area contributed by atoms with Crippen LogP contribution < -0.4 is 10.6 Å². The van der Waals surface area contributed by atoms with Crippen molar-refractivity contribution < 1.29 is 33.0 Å². The third kappa shape index (κ3) is 4.59. The maximum absolute atomic E-state index is 15.0. The number of carbonyl (C=O) groups excluding carboxylic acids is 2. The number of nitrogens with one attached hydrogen (secondary N) is 2. The molecule has 0 spiro atoms. The molecule has 0 bridgehead atoms. The predicted octanol–water partition coefficient (Wildman–Crippen LogP) is 3.78. The maximum atomic E-state index is 15.0. The fraction of sp³-hybridized carbons (Fsp3) is 0.423. The second-order valence-corrected chi connectivity index (χ2v) is 9.56. The fourth-order valence-corrected chi connectivity index (χ4v) is 4.96. The molecule has 2 aromatic rings. The maximum Gasteiger partial charge on any atom is 0.407 e. The second kappa shape index (κ2) is 8.94. The molecular weight excluding hydrogens is 458 g/mol. The first-order chi connectivity index (χ1) is 16.8. The number of amides is 2. The summed E-state index contributed by atoms with van der Waals surface area (Å²) in [6.07, 6.45) is 0.303. The number of benzene rings is 2. The van der Waals surface area contributed by atoms with Gasteiger partial charge in [-0.2, -0.15) is 8.78 Å². The Bertz CT molecular complexity index is 1120. The van der Waals surface area contributed by atoms with Crippen LogP contribution in [0.25, 0.3) is 11.1 Å². The van der Waals surface area contributed by atoms with E-state index in [1.165, 1.54) is 0 Å². The second-order valence-electron chi connectivity index (χ2n) is 9.56. The van der Waals surface area contributed by atoms with Crippen molar-refractivity contribution >= 4 is 18.0 Å². The Hall–Kier alpha value is -3.49. The van der Waals surface area contributed by atoms with E-state index in [9.17, 15) is 23.2 Å². The standard InChI is InChI=1S/C26H26F2N2O5/c27-26(28,24(33)29-12-15-11-20(15)23(31)32)22(14-9-10-14)30-25(34)35-13-21-18-7-3-1-5-16(18)17-6-2-4-8-19(17)21/h1-8,14-15,20-22H,9-13H2,(H,29,33)(H,30,34)(H,31,32)/t15-,20-,22?/m0/s1. The summed E-state index contributed by atoms with van der Waals surface area (Å²) in [5.74, 6) is -8.04. The van der Waals surface area contributed by atoms with Crippen molar-refractivity contribution in [1.82, 2.24) is 10.6 Å². The Morgan fingerprint density at radius 2 is 1.63 bits per heavy atom. The lowest BCUT2D eigenvalue weighted by molar-refractivity contribution is -0.151. The van der Waals surface area contributed by atoms with Crippen LogP contribution in [0.3, 0.4) is 0 Å². The van der Waals surface area contributed by atoms with E-state index >= 15 is 0 Å². The highest BCUT2D eigenvalue weighted by atomic mass is 19.3. The zero-order valence-corrected chi connectivity index (χ0v) is 18.9. The Kier molecular flexibility index (Phi) is 5.94. The molecule has 2 saturated carbocycles. The van der Waals surface area contributed by atoms with Gasteiger partial charge in [-0.1, -0.05) is 48.5 Å². The molecule has 0 aromatic heterocycles. The first-order valence-corrected chi connectivity index (χ1v) is 11.8. The lowest BCUT2D eigenvalue weighted by atomic mass is 9.98. The van der Waals surface area contributed by atoms with Gasteiger partial charge in [0.15, 0.2) is 0 Å². The van der Waals surface area contributed by atoms with Crippen molar-refractivity contribution in [3.63, 3.8) is 0 Å². The van der Waals surface area contributed by atoms with Gasteiger partial charge < -0.3 is 20.5 Å². The largest absolute Gasteiger partial charge is 0.481 e. The van der Waals surface area contributed by atoms with Crippen molar-refractivity contribution in [3.05, 3.63) is 59.7 Å². The average Bonchev–Trinajstić information content (AvgIpc) is 3.77. The van der Waals surface area contributed by atoms with Gasteiger partial charge in [-0.05, 0) is 53.4 Å². The van der Waals surface area contributed by atoms with Gasteiger partial charge in [0.1, 0.15) is 12.6 Å². The number of carbonyl (C=O) groups is 3. The number of alkyl halides is 2. The van der Waals surface area contributed by atoms with Gasteiger partial charge in [-0.15, -0.1) is 0 Å². The molecule has 3 atom stereocenters. The van der Waals surface area contributed by atoms with Gasteiger partial charge in [0.25, 0.3) is 5.91 Å². The van der Waals surface area contributed by atoms with E-state index in [0.717, 1.165) is 22.3 Å². The molecule has 184 valence electrons. The summed E-state index contributed by atoms with van der Waals surface area (Å²) in [7, 11) is 0. The van der Waals surface area contributed by atoms with E-state index in [4.69, 9.17) is 9.84 Å². The highest BCUT2D eigenvalue weighted by Crippen LogP contribution is 2.45. The van der Waals surface area contributed by atoms with Crippen molar-refractivity contribution in [3.8, 4) is 11.1 Å². The molecule has 0 aliphatic heterocycles. The van der Waals surface area contributed by atoms with Gasteiger partial charge in [-0.25, -0.2) is 4.79 Å². The number of carboxylic acid groups (broad SMARTS) is 1. The molecule has 3 aliphatic rings. The number of fused-ring (bicyclic) bond motifs is 3. The third-order valence-corrected chi connectivity index (χ3v) is 7.17. The van der Waals surface area contributed by atoms with Crippen molar-refractivity contribution in [2.24, 2.45) is 17.8 Å². The lowest BCUT2D eigenvalue weighted by Gasteiger charge is -2.27. The van der Waals surface area contributed by atoms with Crippen molar-refractivity contribution in [2.75, 3.05) is 13.2 Å². The molecule has 5 rings (SSSR count). The summed E-state index contributed by atoms with van der Waals surface area (Å²) in [6, 6.07) is 13.9. The molecule has 2 amide bonds. The zero-order valence-electron chi connectivity index (χ0n) is 18.9. The summed E-state index contributed by atoms with van der Waals surface area (Å²) in [4.78, 5) is 35.7. The predicted molar refractivity (Wildman–Crippen MR) is 122 cm³/mol. The minimum Gasteiger partial charge on any atom is -0.481 e. The number of carboxylic acids is 1. The van der Waals surface area contributed by atoms with E-state index < -0.39 is 41.8 Å². The van der Waals surface area contributed by atoms with Crippen LogP contribution in [0.4, 0.5) is 13.6 Å². The summed E-state index contributed by atoms with van der Waals surface area (Å²) < 4.78 is 35.4. The summed E-state index contributed by atoms with van der Waals surface area (Å²) in [5, 5.41) is 13.3. The number of ether oxygens (including phenoxy) is 1. The molecule has 1 unspecified atom stereocenters. The normalized spacial score (nSPS) is 21.4. The molecule has 3 N–H and O–H groups in total. The number of rotatable bonds is 9. The molecule has 35 heavy (non-hydrogen) atoms. The highest BCUT2D eigenvalue weighted by Gasteiger charge is 2.55. The van der Waals surface area contributed by atoms with E-state index in [-0.39, 0.29) is 25.0 Å². The summed E-state index contributed by atoms with van der Waals surface area (Å²) >= 11 is 0. The van der Waals surface area contributed by atoms with Crippen molar-refractivity contribution in [2.45, 2.75) is 37.1 Å². The van der Waals surface area contributed by atoms with Crippen molar-refractivity contribution in [1.29, 1.82) is 0 Å². The van der Waals surface area contributed by atoms with Crippen LogP contribution in [0.5, 0.6) is 0 Å². The van der Waals surface area contributed by atoms with Crippen LogP contribution in [0.15, 0.2) is 48.5 Å². The Morgan fingerprint density at radius 3 is 2.17 bits per heavy atom. The fourth-order valence-electron chi connectivity index (χ4n) is 4.96. The van der Waals surface area contributed by atoms with Crippen LogP contribution in [0.2, 0.25) is 0 Å². The Labute approximate surface area is 200 Å². The quantitative estimate of drug-likeness (QED) is 0.503. The minimum absolute atomic E-state index is 0.0206. The molecule has 9 heteroatoms. The van der Waals surface area contributed by atoms with Crippen LogP contribution >= 0.6 is 0 Å². The van der Waals surface area contributed by atoms with Gasteiger partial charge >= 0.3 is 18.0 Å². The number of aliphatic carboxylic acids is 1. The monoisotopic (exact) mass is 484 g/mol. The van der Waals surface area contributed by atoms with Gasteiger partial charge in [0.2, 0.25) is 0 Å². The molecule has 0 radical (unpaired) electrons. The number of hydrogen-bond acceptors (Lipinski definition) is 4. The Balaban J connectivity index is 1.21. The topological polar surface area (TPSA) is 105 Å². The third-order valence-electron chi connectivity index (χ3n) is 7.17. The number of alkyl carbamates (subject to hydrolysis) is 1. The van der Waals surface area contributed by atoms with E-state index in [1.807, 2.05) is 48.5 Å². The SMILES string of the molecule is O=C(NC(C1CC1)C(F)(F)C(=O)NC[C@@H]1C[C@@H]1C(=O)O)OCC1c2ccccc2-c2ccccc21. The van der Waals surface area contributed by atoms with Gasteiger partial charge in [0.05, 0.1) is 5.92 Å². The van der Waals surface area contributed by atoms with Crippen LogP contribution in [0, 0.1) is 17.8 Å². The van der Waals surface area contributed by atoms with Crippen LogP contribution in [0.1, 0.15) is 36.3 Å². The lowest BCUT2D eigenvalue weighted by Crippen LogP contribution is -2.57. The smallest absolute Gasteiger partial charge is 0.407 e. The molecule has 3 aliphatic carbocycles. The summed E-state index contributed by atoms with van der Waals surface area (Å²) in [6.45, 7) is -0.152. The molecular formula is C26H26F2N2O5. The molecule has 7 nitrogen and oxygen atoms in total. The average molecular weight is 484 g/mol. The van der Waals surface area contributed by atoms with E-state index in [1.54, 1.807) is 0 Å². The zero-order chi connectivity index (χ0) is 24.7. The molecule has 0 saturated heterocycles. The van der Waals surface area contributed by atoms with Gasteiger partial charge in [-0.3, -0.25) is 9.59 Å². The number of halogens is 2. The molecule has 2 aromatic carbocycles. The van der Waals surface area contributed by atoms with Gasteiger partial charge in [0, 0.05) is 12.5 Å². The van der Waals surface area contributed by atoms with Crippen LogP contribution in [-0.2, 0) is 14.3 Å². The summed E-state index contributed by atoms with van der Waals surface area (Å²) in [5.41, 5.74) is 4.11. The number of hydrogen-bond donors (Lipinski definition) is 3. The molecule has 0 heterocycles. The van der Waals surface area contributed by atoms with E-state index in [2.05, 4.69) is 10.6 Å². The Morgan fingerprint density at radius 1 is 1.03 bits per heavy atom. The molecule has 2 fully saturated rings. The first kappa shape index (κ1) is 23.3. The minimum atomic E-state index is -3.85. The van der Waals surface area contributed by atoms with Crippen LogP contribution in [-0.4, -0.2) is 48.2 Å².